The molecule has 0 N–H and O–H groups in total. The maximum atomic E-state index is 4.94. The Labute approximate surface area is 179 Å². The predicted molar refractivity (Wildman–Crippen MR) is 127 cm³/mol. The SMILES string of the molecule is C=NCCCN(C)c1nc(CC)nc2c1CCN(c1cccc3cccc(C)c13)C2. The van der Waals surface area contributed by atoms with Gasteiger partial charge in [-0.2, -0.15) is 0 Å². The highest BCUT2D eigenvalue weighted by molar-refractivity contribution is 5.97. The summed E-state index contributed by atoms with van der Waals surface area (Å²) in [5, 5.41) is 2.65. The molecule has 0 fully saturated rings. The third-order valence-electron chi connectivity index (χ3n) is 6.01. The molecule has 1 aliphatic heterocycles. The van der Waals surface area contributed by atoms with E-state index in [0.717, 1.165) is 57.1 Å². The lowest BCUT2D eigenvalue weighted by molar-refractivity contribution is 0.684. The van der Waals surface area contributed by atoms with Crippen LogP contribution < -0.4 is 9.80 Å². The monoisotopic (exact) mass is 401 g/mol. The van der Waals surface area contributed by atoms with E-state index in [0.29, 0.717) is 0 Å². The zero-order valence-electron chi connectivity index (χ0n) is 18.4. The minimum Gasteiger partial charge on any atom is -0.365 e. The van der Waals surface area contributed by atoms with Gasteiger partial charge in [-0.3, -0.25) is 0 Å². The van der Waals surface area contributed by atoms with Crippen molar-refractivity contribution in [3.05, 3.63) is 59.0 Å². The zero-order valence-corrected chi connectivity index (χ0v) is 18.4. The molecule has 1 aliphatic rings. The minimum absolute atomic E-state index is 0.784. The van der Waals surface area contributed by atoms with Crippen molar-refractivity contribution in [2.45, 2.75) is 39.7 Å². The van der Waals surface area contributed by atoms with Gasteiger partial charge in [0.1, 0.15) is 11.6 Å². The summed E-state index contributed by atoms with van der Waals surface area (Å²) in [5.74, 6) is 2.02. The highest BCUT2D eigenvalue weighted by Gasteiger charge is 2.25. The summed E-state index contributed by atoms with van der Waals surface area (Å²) in [6.45, 7) is 11.4. The van der Waals surface area contributed by atoms with E-state index >= 15 is 0 Å². The number of fused-ring (bicyclic) bond motifs is 2. The largest absolute Gasteiger partial charge is 0.365 e. The standard InChI is InChI=1S/C25H31N5/c1-5-23-27-21-17-30(22-12-7-11-19-10-6-9-18(2)24(19)22)16-13-20(21)25(28-23)29(4)15-8-14-26-3/h6-7,9-12H,3,5,8,13-17H2,1-2,4H3. The van der Waals surface area contributed by atoms with Gasteiger partial charge in [-0.1, -0.05) is 37.3 Å². The second kappa shape index (κ2) is 8.82. The summed E-state index contributed by atoms with van der Waals surface area (Å²) in [7, 11) is 2.13. The highest BCUT2D eigenvalue weighted by Crippen LogP contribution is 2.34. The first-order chi connectivity index (χ1) is 14.6. The quantitative estimate of drug-likeness (QED) is 0.429. The molecule has 4 rings (SSSR count). The van der Waals surface area contributed by atoms with E-state index in [1.165, 1.54) is 33.3 Å². The van der Waals surface area contributed by atoms with Gasteiger partial charge in [-0.25, -0.2) is 9.97 Å². The van der Waals surface area contributed by atoms with Crippen molar-refractivity contribution in [1.29, 1.82) is 0 Å². The molecule has 1 aromatic heterocycles. The Bertz CT molecular complexity index is 1050. The third-order valence-corrected chi connectivity index (χ3v) is 6.01. The summed E-state index contributed by atoms with van der Waals surface area (Å²) in [6, 6.07) is 13.1. The van der Waals surface area contributed by atoms with Crippen LogP contribution in [0.1, 0.15) is 36.0 Å². The summed E-state index contributed by atoms with van der Waals surface area (Å²) < 4.78 is 0. The van der Waals surface area contributed by atoms with Crippen LogP contribution in [0.3, 0.4) is 0 Å². The van der Waals surface area contributed by atoms with E-state index in [1.54, 1.807) is 0 Å². The fourth-order valence-corrected chi connectivity index (χ4v) is 4.43. The first-order valence-corrected chi connectivity index (χ1v) is 10.9. The van der Waals surface area contributed by atoms with Gasteiger partial charge in [0.25, 0.3) is 0 Å². The van der Waals surface area contributed by atoms with Gasteiger partial charge in [0.2, 0.25) is 0 Å². The molecule has 0 atom stereocenters. The number of aromatic nitrogens is 2. The Kier molecular flexibility index (Phi) is 5.98. The predicted octanol–water partition coefficient (Wildman–Crippen LogP) is 4.59. The maximum Gasteiger partial charge on any atom is 0.135 e. The van der Waals surface area contributed by atoms with Gasteiger partial charge in [-0.15, -0.1) is 0 Å². The molecule has 0 saturated carbocycles. The number of aliphatic imine (C=N–C) groups is 1. The van der Waals surface area contributed by atoms with Gasteiger partial charge in [0.15, 0.2) is 0 Å². The van der Waals surface area contributed by atoms with Crippen LogP contribution in [0, 0.1) is 6.92 Å². The van der Waals surface area contributed by atoms with Crippen molar-refractivity contribution in [3.8, 4) is 0 Å². The van der Waals surface area contributed by atoms with Crippen LogP contribution in [-0.2, 0) is 19.4 Å². The van der Waals surface area contributed by atoms with Crippen LogP contribution in [0.5, 0.6) is 0 Å². The number of rotatable bonds is 7. The average Bonchev–Trinajstić information content (AvgIpc) is 2.77. The molecule has 2 aromatic carbocycles. The number of aryl methyl sites for hydroxylation is 2. The third kappa shape index (κ3) is 3.89. The molecule has 0 radical (unpaired) electrons. The van der Waals surface area contributed by atoms with Crippen molar-refractivity contribution in [2.75, 3.05) is 36.5 Å². The average molecular weight is 402 g/mol. The molecule has 0 amide bonds. The normalized spacial score (nSPS) is 13.4. The van der Waals surface area contributed by atoms with Crippen LogP contribution in [0.4, 0.5) is 11.5 Å². The molecule has 0 bridgehead atoms. The lowest BCUT2D eigenvalue weighted by Crippen LogP contribution is -2.34. The number of benzene rings is 2. The molecule has 2 heterocycles. The first kappa shape index (κ1) is 20.3. The second-order valence-corrected chi connectivity index (χ2v) is 8.09. The Morgan fingerprint density at radius 1 is 1.17 bits per heavy atom. The van der Waals surface area contributed by atoms with Crippen LogP contribution in [0.2, 0.25) is 0 Å². The van der Waals surface area contributed by atoms with Gasteiger partial charge in [0.05, 0.1) is 12.2 Å². The Morgan fingerprint density at radius 2 is 1.97 bits per heavy atom. The molecule has 156 valence electrons. The number of nitrogens with zero attached hydrogens (tertiary/aromatic N) is 5. The second-order valence-electron chi connectivity index (χ2n) is 8.09. The van der Waals surface area contributed by atoms with Crippen LogP contribution in [-0.4, -0.2) is 43.4 Å². The van der Waals surface area contributed by atoms with E-state index in [2.05, 4.69) is 78.8 Å². The fraction of sp³-hybridized carbons (Fsp3) is 0.400. The Morgan fingerprint density at radius 3 is 2.73 bits per heavy atom. The summed E-state index contributed by atoms with van der Waals surface area (Å²) in [5.41, 5.74) is 5.10. The maximum absolute atomic E-state index is 4.94. The lowest BCUT2D eigenvalue weighted by atomic mass is 9.99. The molecule has 0 unspecified atom stereocenters. The van der Waals surface area contributed by atoms with Crippen molar-refractivity contribution in [2.24, 2.45) is 4.99 Å². The summed E-state index contributed by atoms with van der Waals surface area (Å²) >= 11 is 0. The molecular formula is C25H31N5. The Hall–Kier alpha value is -2.95. The van der Waals surface area contributed by atoms with Crippen molar-refractivity contribution in [3.63, 3.8) is 0 Å². The first-order valence-electron chi connectivity index (χ1n) is 10.9. The van der Waals surface area contributed by atoms with E-state index in [9.17, 15) is 0 Å². The minimum atomic E-state index is 0.784. The van der Waals surface area contributed by atoms with Gasteiger partial charge < -0.3 is 14.8 Å². The van der Waals surface area contributed by atoms with Gasteiger partial charge in [-0.05, 0) is 43.5 Å². The molecule has 30 heavy (non-hydrogen) atoms. The zero-order chi connectivity index (χ0) is 21.1. The highest BCUT2D eigenvalue weighted by atomic mass is 15.2. The summed E-state index contributed by atoms with van der Waals surface area (Å²) in [4.78, 5) is 18.6. The molecular weight excluding hydrogens is 370 g/mol. The molecule has 0 spiro atoms. The molecule has 5 heteroatoms. The van der Waals surface area contributed by atoms with Crippen LogP contribution in [0.15, 0.2) is 41.4 Å². The lowest BCUT2D eigenvalue weighted by Gasteiger charge is -2.33. The molecule has 0 aliphatic carbocycles. The van der Waals surface area contributed by atoms with Crippen molar-refractivity contribution in [1.82, 2.24) is 9.97 Å². The van der Waals surface area contributed by atoms with Crippen LogP contribution in [0.25, 0.3) is 10.8 Å². The molecule has 0 saturated heterocycles. The van der Waals surface area contributed by atoms with Crippen LogP contribution >= 0.6 is 0 Å². The van der Waals surface area contributed by atoms with E-state index < -0.39 is 0 Å². The molecule has 5 nitrogen and oxygen atoms in total. The topological polar surface area (TPSA) is 44.6 Å². The number of anilines is 2. The number of hydrogen-bond acceptors (Lipinski definition) is 5. The fourth-order valence-electron chi connectivity index (χ4n) is 4.43. The van der Waals surface area contributed by atoms with Gasteiger partial charge >= 0.3 is 0 Å². The van der Waals surface area contributed by atoms with Gasteiger partial charge in [0, 0.05) is 49.7 Å². The van der Waals surface area contributed by atoms with Crippen molar-refractivity contribution >= 4 is 29.0 Å². The Balaban J connectivity index is 1.69. The molecule has 3 aromatic rings. The summed E-state index contributed by atoms with van der Waals surface area (Å²) in [6.07, 6.45) is 2.79. The van der Waals surface area contributed by atoms with E-state index in [4.69, 9.17) is 9.97 Å². The number of hydrogen-bond donors (Lipinski definition) is 0. The smallest absolute Gasteiger partial charge is 0.135 e. The van der Waals surface area contributed by atoms with E-state index in [-0.39, 0.29) is 0 Å². The van der Waals surface area contributed by atoms with E-state index in [1.807, 2.05) is 0 Å². The van der Waals surface area contributed by atoms with Crippen molar-refractivity contribution < 1.29 is 0 Å².